The van der Waals surface area contributed by atoms with Crippen LogP contribution in [0.1, 0.15) is 59.8 Å². The van der Waals surface area contributed by atoms with Crippen molar-refractivity contribution >= 4 is 17.5 Å². The van der Waals surface area contributed by atoms with Gasteiger partial charge in [-0.05, 0) is 61.5 Å². The van der Waals surface area contributed by atoms with Crippen LogP contribution in [-0.4, -0.2) is 46.1 Å². The zero-order valence-electron chi connectivity index (χ0n) is 18.2. The normalized spacial score (nSPS) is 44.9. The first-order valence-corrected chi connectivity index (χ1v) is 10.9. The zero-order chi connectivity index (χ0) is 22.1. The van der Waals surface area contributed by atoms with Crippen molar-refractivity contribution in [2.45, 2.75) is 71.5 Å². The van der Waals surface area contributed by atoms with E-state index in [0.29, 0.717) is 32.1 Å². The van der Waals surface area contributed by atoms with Gasteiger partial charge >= 0.3 is 5.97 Å². The molecule has 4 rings (SSSR count). The average Bonchev–Trinajstić information content (AvgIpc) is 2.93. The van der Waals surface area contributed by atoms with Crippen molar-refractivity contribution in [3.8, 4) is 0 Å². The fourth-order valence-electron chi connectivity index (χ4n) is 7.30. The van der Waals surface area contributed by atoms with Crippen molar-refractivity contribution < 1.29 is 29.3 Å². The van der Waals surface area contributed by atoms with Crippen LogP contribution in [0.3, 0.4) is 0 Å². The molecule has 2 saturated carbocycles. The average molecular weight is 417 g/mol. The van der Waals surface area contributed by atoms with Gasteiger partial charge in [-0.15, -0.1) is 0 Å². The van der Waals surface area contributed by atoms with Gasteiger partial charge in [0.2, 0.25) is 5.78 Å². The molecule has 0 aromatic heterocycles. The van der Waals surface area contributed by atoms with Crippen LogP contribution in [0.15, 0.2) is 23.3 Å². The number of allylic oxidation sites excluding steroid dienone is 4. The Morgan fingerprint density at radius 2 is 1.97 bits per heavy atom. The maximum absolute atomic E-state index is 12.9. The number of ketones is 2. The number of fused-ring (bicyclic) bond motifs is 5. The second-order valence-electron chi connectivity index (χ2n) is 10.3. The first kappa shape index (κ1) is 21.4. The molecule has 164 valence electrons. The second kappa shape index (κ2) is 6.86. The summed E-state index contributed by atoms with van der Waals surface area (Å²) in [4.78, 5) is 36.2. The van der Waals surface area contributed by atoms with Crippen molar-refractivity contribution in [1.82, 2.24) is 0 Å². The minimum absolute atomic E-state index is 0.0182. The summed E-state index contributed by atoms with van der Waals surface area (Å²) in [6, 6.07) is 0. The van der Waals surface area contributed by atoms with Gasteiger partial charge in [-0.25, -0.2) is 0 Å². The van der Waals surface area contributed by atoms with Crippen molar-refractivity contribution in [2.24, 2.45) is 28.6 Å². The number of carbonyl (C=O) groups is 3. The number of ether oxygens (including phenoxy) is 1. The predicted molar refractivity (Wildman–Crippen MR) is 109 cm³/mol. The summed E-state index contributed by atoms with van der Waals surface area (Å²) in [5.74, 6) is -0.910. The third-order valence-electron chi connectivity index (χ3n) is 8.79. The molecule has 7 atom stereocenters. The predicted octanol–water partition coefficient (Wildman–Crippen LogP) is 2.52. The van der Waals surface area contributed by atoms with Gasteiger partial charge in [0.05, 0.1) is 6.10 Å². The third-order valence-corrected chi connectivity index (χ3v) is 8.79. The van der Waals surface area contributed by atoms with Crippen molar-refractivity contribution in [2.75, 3.05) is 6.61 Å². The van der Waals surface area contributed by atoms with Crippen LogP contribution in [0.2, 0.25) is 0 Å². The van der Waals surface area contributed by atoms with Crippen LogP contribution >= 0.6 is 0 Å². The van der Waals surface area contributed by atoms with Crippen LogP contribution in [0.4, 0.5) is 0 Å². The first-order chi connectivity index (χ1) is 13.9. The molecule has 0 bridgehead atoms. The van der Waals surface area contributed by atoms with Gasteiger partial charge in [0.1, 0.15) is 5.60 Å². The van der Waals surface area contributed by atoms with Crippen molar-refractivity contribution in [3.05, 3.63) is 23.3 Å². The molecule has 0 aliphatic heterocycles. The fraction of sp³-hybridized carbons (Fsp3) is 0.708. The number of rotatable bonds is 3. The highest BCUT2D eigenvalue weighted by Gasteiger charge is 2.68. The van der Waals surface area contributed by atoms with Gasteiger partial charge in [0.15, 0.2) is 12.4 Å². The number of esters is 1. The lowest BCUT2D eigenvalue weighted by Crippen LogP contribution is -2.61. The van der Waals surface area contributed by atoms with Gasteiger partial charge in [-0.1, -0.05) is 25.5 Å². The third kappa shape index (κ3) is 2.79. The highest BCUT2D eigenvalue weighted by Crippen LogP contribution is 2.67. The standard InChI is InChI=1S/C24H32O6/c1-13-9-16-17-6-8-24(29,20(28)12-30-14(2)25)23(17,4)11-19(27)21(16)22(3)7-5-15(26)10-18(13)22/h9-10,16-17,19,21,27,29H,5-8,11-12H2,1-4H3. The van der Waals surface area contributed by atoms with Gasteiger partial charge < -0.3 is 14.9 Å². The van der Waals surface area contributed by atoms with Crippen molar-refractivity contribution in [1.29, 1.82) is 0 Å². The SMILES string of the molecule is CC(=O)OCC(=O)C1(O)CCC2C3C=C(C)C4=CC(=O)CCC4(C)C3C(O)CC21C. The Labute approximate surface area is 177 Å². The lowest BCUT2D eigenvalue weighted by molar-refractivity contribution is -0.177. The Morgan fingerprint density at radius 1 is 1.27 bits per heavy atom. The van der Waals surface area contributed by atoms with E-state index in [1.54, 1.807) is 6.08 Å². The van der Waals surface area contributed by atoms with E-state index in [0.717, 1.165) is 11.1 Å². The molecular formula is C24H32O6. The minimum Gasteiger partial charge on any atom is -0.458 e. The van der Waals surface area contributed by atoms with E-state index in [1.165, 1.54) is 6.92 Å². The van der Waals surface area contributed by atoms with Crippen LogP contribution in [-0.2, 0) is 19.1 Å². The first-order valence-electron chi connectivity index (χ1n) is 10.9. The molecule has 4 aliphatic rings. The van der Waals surface area contributed by atoms with Crippen molar-refractivity contribution in [3.63, 3.8) is 0 Å². The molecule has 0 aromatic rings. The smallest absolute Gasteiger partial charge is 0.303 e. The quantitative estimate of drug-likeness (QED) is 0.686. The van der Waals surface area contributed by atoms with Crippen LogP contribution in [0.25, 0.3) is 0 Å². The van der Waals surface area contributed by atoms with Gasteiger partial charge in [-0.2, -0.15) is 0 Å². The molecule has 0 amide bonds. The second-order valence-corrected chi connectivity index (χ2v) is 10.3. The van der Waals surface area contributed by atoms with Crippen LogP contribution in [0, 0.1) is 28.6 Å². The Kier molecular flexibility index (Phi) is 4.90. The van der Waals surface area contributed by atoms with Crippen LogP contribution < -0.4 is 0 Å². The van der Waals surface area contributed by atoms with E-state index in [2.05, 4.69) is 13.0 Å². The largest absolute Gasteiger partial charge is 0.458 e. The van der Waals surface area contributed by atoms with Gasteiger partial charge in [0.25, 0.3) is 0 Å². The minimum atomic E-state index is -1.62. The summed E-state index contributed by atoms with van der Waals surface area (Å²) in [6.45, 7) is 6.86. The maximum Gasteiger partial charge on any atom is 0.303 e. The molecule has 0 saturated heterocycles. The topological polar surface area (TPSA) is 101 Å². The molecule has 6 heteroatoms. The summed E-state index contributed by atoms with van der Waals surface area (Å²) >= 11 is 0. The molecule has 0 radical (unpaired) electrons. The summed E-state index contributed by atoms with van der Waals surface area (Å²) < 4.78 is 4.89. The molecule has 30 heavy (non-hydrogen) atoms. The number of hydrogen-bond acceptors (Lipinski definition) is 6. The monoisotopic (exact) mass is 416 g/mol. The lowest BCUT2D eigenvalue weighted by Gasteiger charge is -2.59. The fourth-order valence-corrected chi connectivity index (χ4v) is 7.30. The summed E-state index contributed by atoms with van der Waals surface area (Å²) in [5.41, 5.74) is -0.628. The number of Topliss-reactive ketones (excluding diaryl/α,β-unsaturated/α-hetero) is 1. The number of aliphatic hydroxyl groups is 2. The highest BCUT2D eigenvalue weighted by molar-refractivity contribution is 5.93. The maximum atomic E-state index is 12.9. The summed E-state index contributed by atoms with van der Waals surface area (Å²) in [7, 11) is 0. The summed E-state index contributed by atoms with van der Waals surface area (Å²) in [6.07, 6.45) is 5.68. The van der Waals surface area contributed by atoms with Crippen LogP contribution in [0.5, 0.6) is 0 Å². The molecule has 0 spiro atoms. The molecule has 0 aromatic carbocycles. The summed E-state index contributed by atoms with van der Waals surface area (Å²) in [5, 5.41) is 22.9. The van der Waals surface area contributed by atoms with E-state index in [1.807, 2.05) is 13.8 Å². The zero-order valence-corrected chi connectivity index (χ0v) is 18.2. The van der Waals surface area contributed by atoms with E-state index in [4.69, 9.17) is 4.74 Å². The molecule has 2 N–H and O–H groups in total. The number of aliphatic hydroxyl groups excluding tert-OH is 1. The van der Waals surface area contributed by atoms with E-state index in [-0.39, 0.29) is 29.0 Å². The number of hydrogen-bond donors (Lipinski definition) is 2. The van der Waals surface area contributed by atoms with Gasteiger partial charge in [-0.3, -0.25) is 14.4 Å². The molecule has 0 heterocycles. The molecule has 4 aliphatic carbocycles. The Bertz CT molecular complexity index is 871. The Morgan fingerprint density at radius 3 is 2.63 bits per heavy atom. The van der Waals surface area contributed by atoms with Gasteiger partial charge in [0, 0.05) is 24.7 Å². The number of carbonyl (C=O) groups excluding carboxylic acids is 3. The lowest BCUT2D eigenvalue weighted by atomic mass is 9.46. The highest BCUT2D eigenvalue weighted by atomic mass is 16.5. The Balaban J connectivity index is 1.73. The molecule has 6 nitrogen and oxygen atoms in total. The van der Waals surface area contributed by atoms with E-state index >= 15 is 0 Å². The molecular weight excluding hydrogens is 384 g/mol. The molecule has 2 fully saturated rings. The Hall–Kier alpha value is -1.79. The van der Waals surface area contributed by atoms with E-state index in [9.17, 15) is 24.6 Å². The van der Waals surface area contributed by atoms with E-state index < -0.39 is 35.5 Å². The molecule has 7 unspecified atom stereocenters.